The zero-order valence-electron chi connectivity index (χ0n) is 20.4. The van der Waals surface area contributed by atoms with Crippen LogP contribution in [0.4, 0.5) is 5.69 Å². The van der Waals surface area contributed by atoms with E-state index < -0.39 is 28.0 Å². The fourth-order valence-corrected chi connectivity index (χ4v) is 4.37. The number of hydrogen-bond donors (Lipinski definition) is 1. The second kappa shape index (κ2) is 10.7. The van der Waals surface area contributed by atoms with Gasteiger partial charge in [0.1, 0.15) is 11.3 Å². The number of anilines is 1. The van der Waals surface area contributed by atoms with Crippen LogP contribution in [0.3, 0.4) is 0 Å². The largest absolute Gasteiger partial charge is 0.449 e. The number of pyridine rings is 1. The molecule has 11 heteroatoms. The minimum atomic E-state index is -3.68. The summed E-state index contributed by atoms with van der Waals surface area (Å²) in [6.07, 6.45) is 3.56. The number of ether oxygens (including phenoxy) is 1. The number of esters is 1. The molecule has 0 saturated carbocycles. The van der Waals surface area contributed by atoms with Gasteiger partial charge in [-0.1, -0.05) is 24.3 Å². The Bertz CT molecular complexity index is 1520. The van der Waals surface area contributed by atoms with Crippen LogP contribution in [0.1, 0.15) is 17.3 Å². The molecule has 4 rings (SSSR count). The number of hydrogen-bond acceptors (Lipinski definition) is 7. The van der Waals surface area contributed by atoms with Crippen molar-refractivity contribution in [2.24, 2.45) is 0 Å². The first kappa shape index (κ1) is 25.7. The first-order valence-electron chi connectivity index (χ1n) is 11.3. The molecule has 0 spiro atoms. The van der Waals surface area contributed by atoms with E-state index in [1.807, 2.05) is 30.3 Å². The molecule has 0 aliphatic heterocycles. The van der Waals surface area contributed by atoms with Crippen LogP contribution in [0.15, 0.2) is 90.2 Å². The maximum Gasteiger partial charge on any atom is 0.342 e. The van der Waals surface area contributed by atoms with E-state index in [-0.39, 0.29) is 16.1 Å². The molecule has 0 bridgehead atoms. The van der Waals surface area contributed by atoms with E-state index in [0.717, 1.165) is 9.99 Å². The van der Waals surface area contributed by atoms with Gasteiger partial charge in [0.2, 0.25) is 10.0 Å². The topological polar surface area (TPSA) is 123 Å². The maximum atomic E-state index is 13.2. The summed E-state index contributed by atoms with van der Waals surface area (Å²) in [4.78, 5) is 30.1. The number of para-hydroxylation sites is 1. The van der Waals surface area contributed by atoms with Crippen LogP contribution in [-0.2, 0) is 19.6 Å². The average molecular weight is 520 g/mol. The van der Waals surface area contributed by atoms with Crippen LogP contribution >= 0.6 is 0 Å². The SMILES string of the molecule is CC(OC(=O)c1cn(-c2ccccc2)nc1-c1cccnc1)C(=O)Nc1cccc(S(=O)(=O)N(C)C)c1. The van der Waals surface area contributed by atoms with E-state index in [1.165, 1.54) is 39.2 Å². The second-order valence-electron chi connectivity index (χ2n) is 8.27. The van der Waals surface area contributed by atoms with Crippen molar-refractivity contribution in [3.63, 3.8) is 0 Å². The third kappa shape index (κ3) is 5.74. The third-order valence-electron chi connectivity index (χ3n) is 5.42. The maximum absolute atomic E-state index is 13.2. The van der Waals surface area contributed by atoms with Gasteiger partial charge in [-0.2, -0.15) is 5.10 Å². The van der Waals surface area contributed by atoms with Gasteiger partial charge in [0.05, 0.1) is 10.6 Å². The van der Waals surface area contributed by atoms with Crippen LogP contribution in [0, 0.1) is 0 Å². The molecule has 190 valence electrons. The Morgan fingerprint density at radius 2 is 1.78 bits per heavy atom. The molecule has 0 fully saturated rings. The lowest BCUT2D eigenvalue weighted by Gasteiger charge is -2.15. The molecule has 1 unspecified atom stereocenters. The number of sulfonamides is 1. The molecule has 2 heterocycles. The number of benzene rings is 2. The van der Waals surface area contributed by atoms with Crippen molar-refractivity contribution in [1.29, 1.82) is 0 Å². The van der Waals surface area contributed by atoms with Crippen molar-refractivity contribution in [3.8, 4) is 16.9 Å². The van der Waals surface area contributed by atoms with Crippen LogP contribution in [0.5, 0.6) is 0 Å². The molecule has 1 atom stereocenters. The van der Waals surface area contributed by atoms with Gasteiger partial charge in [0.25, 0.3) is 5.91 Å². The van der Waals surface area contributed by atoms with E-state index in [9.17, 15) is 18.0 Å². The lowest BCUT2D eigenvalue weighted by atomic mass is 10.1. The highest BCUT2D eigenvalue weighted by Crippen LogP contribution is 2.24. The Morgan fingerprint density at radius 1 is 1.03 bits per heavy atom. The average Bonchev–Trinajstić information content (AvgIpc) is 3.35. The number of rotatable bonds is 8. The minimum Gasteiger partial charge on any atom is -0.449 e. The third-order valence-corrected chi connectivity index (χ3v) is 7.23. The van der Waals surface area contributed by atoms with Crippen molar-refractivity contribution < 1.29 is 22.7 Å². The molecule has 0 aliphatic rings. The predicted molar refractivity (Wildman–Crippen MR) is 138 cm³/mol. The highest BCUT2D eigenvalue weighted by molar-refractivity contribution is 7.89. The highest BCUT2D eigenvalue weighted by Gasteiger charge is 2.25. The van der Waals surface area contributed by atoms with Crippen molar-refractivity contribution in [1.82, 2.24) is 19.1 Å². The Balaban J connectivity index is 1.55. The molecule has 37 heavy (non-hydrogen) atoms. The lowest BCUT2D eigenvalue weighted by molar-refractivity contribution is -0.123. The summed E-state index contributed by atoms with van der Waals surface area (Å²) in [6, 6.07) is 18.6. The van der Waals surface area contributed by atoms with Gasteiger partial charge in [-0.3, -0.25) is 9.78 Å². The lowest BCUT2D eigenvalue weighted by Crippen LogP contribution is -2.30. The minimum absolute atomic E-state index is 0.0226. The van der Waals surface area contributed by atoms with E-state index in [2.05, 4.69) is 15.4 Å². The molecule has 2 aromatic carbocycles. The van der Waals surface area contributed by atoms with Gasteiger partial charge in [0, 0.05) is 43.9 Å². The van der Waals surface area contributed by atoms with Gasteiger partial charge in [-0.15, -0.1) is 0 Å². The van der Waals surface area contributed by atoms with Crippen LogP contribution in [0.25, 0.3) is 16.9 Å². The molecule has 1 N–H and O–H groups in total. The number of carbonyl (C=O) groups excluding carboxylic acids is 2. The molecular weight excluding hydrogens is 494 g/mol. The van der Waals surface area contributed by atoms with E-state index >= 15 is 0 Å². The number of nitrogens with zero attached hydrogens (tertiary/aromatic N) is 4. The molecule has 1 amide bonds. The summed E-state index contributed by atoms with van der Waals surface area (Å²) < 4.78 is 32.9. The molecule has 4 aromatic rings. The Labute approximate surface area is 214 Å². The molecular formula is C26H25N5O5S. The zero-order valence-corrected chi connectivity index (χ0v) is 21.2. The van der Waals surface area contributed by atoms with Crippen molar-refractivity contribution >= 4 is 27.6 Å². The number of nitrogens with one attached hydrogen (secondary N) is 1. The summed E-state index contributed by atoms with van der Waals surface area (Å²) in [5, 5.41) is 7.15. The first-order chi connectivity index (χ1) is 17.7. The van der Waals surface area contributed by atoms with Crippen LogP contribution in [-0.4, -0.2) is 59.6 Å². The molecule has 10 nitrogen and oxygen atoms in total. The molecule has 2 aromatic heterocycles. The Kier molecular flexibility index (Phi) is 7.46. The van der Waals surface area contributed by atoms with Gasteiger partial charge in [0.15, 0.2) is 6.10 Å². The highest BCUT2D eigenvalue weighted by atomic mass is 32.2. The number of carbonyl (C=O) groups is 2. The fourth-order valence-electron chi connectivity index (χ4n) is 3.42. The van der Waals surface area contributed by atoms with E-state index in [4.69, 9.17) is 4.74 Å². The van der Waals surface area contributed by atoms with Crippen molar-refractivity contribution in [2.75, 3.05) is 19.4 Å². The molecule has 0 aliphatic carbocycles. The van der Waals surface area contributed by atoms with E-state index in [0.29, 0.717) is 11.3 Å². The van der Waals surface area contributed by atoms with E-state index in [1.54, 1.807) is 41.5 Å². The number of amides is 1. The Morgan fingerprint density at radius 3 is 2.46 bits per heavy atom. The summed E-state index contributed by atoms with van der Waals surface area (Å²) >= 11 is 0. The predicted octanol–water partition coefficient (Wildman–Crippen LogP) is 3.37. The zero-order chi connectivity index (χ0) is 26.6. The van der Waals surface area contributed by atoms with Crippen molar-refractivity contribution in [2.45, 2.75) is 17.9 Å². The van der Waals surface area contributed by atoms with Gasteiger partial charge >= 0.3 is 5.97 Å². The molecule has 0 saturated heterocycles. The van der Waals surface area contributed by atoms with Crippen LogP contribution in [0.2, 0.25) is 0 Å². The van der Waals surface area contributed by atoms with Gasteiger partial charge < -0.3 is 10.1 Å². The standard InChI is InChI=1S/C26H25N5O5S/c1-18(25(32)28-20-10-7-13-22(15-20)37(34,35)30(2)3)36-26(33)23-17-31(21-11-5-4-6-12-21)29-24(23)19-9-8-14-27-16-19/h4-18H,1-3H3,(H,28,32). The first-order valence-corrected chi connectivity index (χ1v) is 12.7. The smallest absolute Gasteiger partial charge is 0.342 e. The monoisotopic (exact) mass is 519 g/mol. The summed E-state index contributed by atoms with van der Waals surface area (Å²) in [7, 11) is -0.843. The van der Waals surface area contributed by atoms with Gasteiger partial charge in [-0.25, -0.2) is 22.2 Å². The quantitative estimate of drug-likeness (QED) is 0.354. The molecule has 0 radical (unpaired) electrons. The summed E-state index contributed by atoms with van der Waals surface area (Å²) in [5.74, 6) is -1.36. The fraction of sp³-hybridized carbons (Fsp3) is 0.154. The summed E-state index contributed by atoms with van der Waals surface area (Å²) in [5.41, 5.74) is 2.13. The van der Waals surface area contributed by atoms with Gasteiger partial charge in [-0.05, 0) is 49.4 Å². The van der Waals surface area contributed by atoms with Crippen molar-refractivity contribution in [3.05, 3.63) is 90.9 Å². The second-order valence-corrected chi connectivity index (χ2v) is 10.4. The van der Waals surface area contributed by atoms with Crippen LogP contribution < -0.4 is 5.32 Å². The number of aromatic nitrogens is 3. The summed E-state index contributed by atoms with van der Waals surface area (Å²) in [6.45, 7) is 1.43. The normalized spacial score (nSPS) is 12.2. The Hall–Kier alpha value is -4.35.